The summed E-state index contributed by atoms with van der Waals surface area (Å²) >= 11 is 6.64. The molecule has 2 aromatic carbocycles. The van der Waals surface area contributed by atoms with Crippen molar-refractivity contribution >= 4 is 17.3 Å². The van der Waals surface area contributed by atoms with Crippen LogP contribution in [0.3, 0.4) is 0 Å². The number of halogens is 1. The summed E-state index contributed by atoms with van der Waals surface area (Å²) in [4.78, 5) is 2.31. The Kier molecular flexibility index (Phi) is 6.00. The summed E-state index contributed by atoms with van der Waals surface area (Å²) in [6.45, 7) is 10.6. The summed E-state index contributed by atoms with van der Waals surface area (Å²) in [6, 6.07) is 13.2. The van der Waals surface area contributed by atoms with Gasteiger partial charge in [-0.25, -0.2) is 0 Å². The Morgan fingerprint density at radius 2 is 1.80 bits per heavy atom. The average molecular weight is 359 g/mol. The van der Waals surface area contributed by atoms with Crippen molar-refractivity contribution < 1.29 is 4.74 Å². The largest absolute Gasteiger partial charge is 0.380 e. The summed E-state index contributed by atoms with van der Waals surface area (Å²) in [5.74, 6) is 0. The van der Waals surface area contributed by atoms with E-state index in [9.17, 15) is 0 Å². The van der Waals surface area contributed by atoms with Gasteiger partial charge in [0.2, 0.25) is 0 Å². The zero-order chi connectivity index (χ0) is 17.8. The maximum absolute atomic E-state index is 6.64. The fourth-order valence-electron chi connectivity index (χ4n) is 3.66. The van der Waals surface area contributed by atoms with Crippen LogP contribution in [0.1, 0.15) is 37.9 Å². The van der Waals surface area contributed by atoms with E-state index in [1.54, 1.807) is 0 Å². The molecule has 3 rings (SSSR count). The van der Waals surface area contributed by atoms with Gasteiger partial charge in [-0.1, -0.05) is 35.9 Å². The second-order valence-electron chi connectivity index (χ2n) is 6.23. The second kappa shape index (κ2) is 8.22. The quantitative estimate of drug-likeness (QED) is 0.680. The molecule has 0 amide bonds. The highest BCUT2D eigenvalue weighted by Crippen LogP contribution is 2.46. The SMILES string of the molecule is CCOCCNC1c2ccccc2-c2cc(Cl)c(N(CC)CC)cc21. The Balaban J connectivity index is 1.99. The highest BCUT2D eigenvalue weighted by atomic mass is 35.5. The average Bonchev–Trinajstić information content (AvgIpc) is 2.93. The molecule has 0 bridgehead atoms. The molecule has 1 N–H and O–H groups in total. The molecule has 0 radical (unpaired) electrons. The van der Waals surface area contributed by atoms with Gasteiger partial charge < -0.3 is 15.0 Å². The summed E-state index contributed by atoms with van der Waals surface area (Å²) in [6.07, 6.45) is 0. The van der Waals surface area contributed by atoms with Gasteiger partial charge in [0.15, 0.2) is 0 Å². The molecule has 1 aliphatic carbocycles. The van der Waals surface area contributed by atoms with E-state index in [0.29, 0.717) is 0 Å². The molecule has 1 aliphatic rings. The zero-order valence-corrected chi connectivity index (χ0v) is 16.1. The predicted molar refractivity (Wildman–Crippen MR) is 107 cm³/mol. The van der Waals surface area contributed by atoms with Gasteiger partial charge in [0, 0.05) is 26.2 Å². The summed E-state index contributed by atoms with van der Waals surface area (Å²) in [7, 11) is 0. The number of rotatable bonds is 8. The van der Waals surface area contributed by atoms with E-state index in [-0.39, 0.29) is 6.04 Å². The number of fused-ring (bicyclic) bond motifs is 3. The van der Waals surface area contributed by atoms with Gasteiger partial charge in [-0.2, -0.15) is 0 Å². The number of benzene rings is 2. The first-order valence-corrected chi connectivity index (χ1v) is 9.57. The van der Waals surface area contributed by atoms with Gasteiger partial charge in [0.1, 0.15) is 0 Å². The van der Waals surface area contributed by atoms with Gasteiger partial charge in [0.05, 0.1) is 23.4 Å². The van der Waals surface area contributed by atoms with Crippen LogP contribution in [-0.2, 0) is 4.74 Å². The van der Waals surface area contributed by atoms with Gasteiger partial charge in [-0.3, -0.25) is 0 Å². The highest BCUT2D eigenvalue weighted by molar-refractivity contribution is 6.33. The third kappa shape index (κ3) is 3.55. The van der Waals surface area contributed by atoms with Crippen LogP contribution in [-0.4, -0.2) is 32.8 Å². The fraction of sp³-hybridized carbons (Fsp3) is 0.429. The molecule has 2 aromatic rings. The highest BCUT2D eigenvalue weighted by Gasteiger charge is 2.29. The van der Waals surface area contributed by atoms with Gasteiger partial charge in [0.25, 0.3) is 0 Å². The van der Waals surface area contributed by atoms with E-state index in [1.807, 2.05) is 6.92 Å². The van der Waals surface area contributed by atoms with E-state index in [1.165, 1.54) is 22.3 Å². The Hall–Kier alpha value is -1.55. The van der Waals surface area contributed by atoms with Crippen molar-refractivity contribution in [1.82, 2.24) is 5.32 Å². The molecule has 25 heavy (non-hydrogen) atoms. The molecule has 0 saturated heterocycles. The van der Waals surface area contributed by atoms with E-state index >= 15 is 0 Å². The van der Waals surface area contributed by atoms with Gasteiger partial charge in [-0.15, -0.1) is 0 Å². The van der Waals surface area contributed by atoms with Gasteiger partial charge >= 0.3 is 0 Å². The van der Waals surface area contributed by atoms with Crippen LogP contribution in [0.15, 0.2) is 36.4 Å². The minimum atomic E-state index is 0.193. The lowest BCUT2D eigenvalue weighted by atomic mass is 10.0. The monoisotopic (exact) mass is 358 g/mol. The third-order valence-corrected chi connectivity index (χ3v) is 5.20. The molecule has 0 heterocycles. The third-order valence-electron chi connectivity index (χ3n) is 4.90. The maximum atomic E-state index is 6.64. The Morgan fingerprint density at radius 3 is 2.52 bits per heavy atom. The van der Waals surface area contributed by atoms with Crippen LogP contribution < -0.4 is 10.2 Å². The van der Waals surface area contributed by atoms with Crippen molar-refractivity contribution in [3.8, 4) is 11.1 Å². The number of hydrogen-bond donors (Lipinski definition) is 1. The Bertz CT molecular complexity index is 728. The Labute approximate surface area is 155 Å². The predicted octanol–water partition coefficient (Wildman–Crippen LogP) is 4.88. The molecule has 0 aromatic heterocycles. The minimum Gasteiger partial charge on any atom is -0.380 e. The fourth-order valence-corrected chi connectivity index (χ4v) is 3.94. The first-order valence-electron chi connectivity index (χ1n) is 9.20. The number of hydrogen-bond acceptors (Lipinski definition) is 3. The van der Waals surface area contributed by atoms with Crippen LogP contribution in [0.5, 0.6) is 0 Å². The number of anilines is 1. The smallest absolute Gasteiger partial charge is 0.0645 e. The minimum absolute atomic E-state index is 0.193. The molecule has 4 heteroatoms. The van der Waals surface area contributed by atoms with Crippen molar-refractivity contribution in [2.24, 2.45) is 0 Å². The molecule has 0 fully saturated rings. The van der Waals surface area contributed by atoms with Crippen molar-refractivity contribution in [1.29, 1.82) is 0 Å². The topological polar surface area (TPSA) is 24.5 Å². The molecule has 0 spiro atoms. The normalized spacial score (nSPS) is 15.1. The lowest BCUT2D eigenvalue weighted by Gasteiger charge is -2.24. The molecular weight excluding hydrogens is 332 g/mol. The van der Waals surface area contributed by atoms with E-state index in [4.69, 9.17) is 16.3 Å². The number of nitrogens with one attached hydrogen (secondary N) is 1. The summed E-state index contributed by atoms with van der Waals surface area (Å²) in [5, 5.41) is 4.49. The first kappa shape index (κ1) is 18.2. The molecular formula is C21H27ClN2O. The van der Waals surface area contributed by atoms with Crippen LogP contribution in [0.4, 0.5) is 5.69 Å². The maximum Gasteiger partial charge on any atom is 0.0645 e. The van der Waals surface area contributed by atoms with Crippen molar-refractivity contribution in [2.75, 3.05) is 37.7 Å². The lowest BCUT2D eigenvalue weighted by molar-refractivity contribution is 0.148. The summed E-state index contributed by atoms with van der Waals surface area (Å²) < 4.78 is 5.49. The van der Waals surface area contributed by atoms with E-state index in [0.717, 1.165) is 43.6 Å². The van der Waals surface area contributed by atoms with Crippen molar-refractivity contribution in [2.45, 2.75) is 26.8 Å². The molecule has 3 nitrogen and oxygen atoms in total. The van der Waals surface area contributed by atoms with Crippen molar-refractivity contribution in [3.05, 3.63) is 52.5 Å². The lowest BCUT2D eigenvalue weighted by Crippen LogP contribution is -2.26. The van der Waals surface area contributed by atoms with E-state index < -0.39 is 0 Å². The van der Waals surface area contributed by atoms with Gasteiger partial charge in [-0.05, 0) is 55.2 Å². The second-order valence-corrected chi connectivity index (χ2v) is 6.64. The molecule has 134 valence electrons. The summed E-state index contributed by atoms with van der Waals surface area (Å²) in [5.41, 5.74) is 6.27. The van der Waals surface area contributed by atoms with Crippen LogP contribution in [0.25, 0.3) is 11.1 Å². The molecule has 1 atom stereocenters. The van der Waals surface area contributed by atoms with Crippen molar-refractivity contribution in [3.63, 3.8) is 0 Å². The van der Waals surface area contributed by atoms with E-state index in [2.05, 4.69) is 60.5 Å². The number of nitrogens with zero attached hydrogens (tertiary/aromatic N) is 1. The Morgan fingerprint density at radius 1 is 1.04 bits per heavy atom. The molecule has 0 saturated carbocycles. The van der Waals surface area contributed by atoms with Crippen LogP contribution >= 0.6 is 11.6 Å². The van der Waals surface area contributed by atoms with Crippen LogP contribution in [0, 0.1) is 0 Å². The zero-order valence-electron chi connectivity index (χ0n) is 15.3. The molecule has 0 aliphatic heterocycles. The molecule has 1 unspecified atom stereocenters. The number of ether oxygens (including phenoxy) is 1. The first-order chi connectivity index (χ1) is 12.2. The standard InChI is InChI=1S/C21H27ClN2O/c1-4-24(5-2)20-14-18-17(13-19(20)22)15-9-7-8-10-16(15)21(18)23-11-12-25-6-3/h7-10,13-14,21,23H,4-6,11-12H2,1-3H3. The van der Waals surface area contributed by atoms with Crippen LogP contribution in [0.2, 0.25) is 5.02 Å².